The molecule has 6 heteroatoms. The van der Waals surface area contributed by atoms with Crippen LogP contribution in [0.3, 0.4) is 0 Å². The van der Waals surface area contributed by atoms with E-state index in [1.807, 2.05) is 6.92 Å². The fourth-order valence-electron chi connectivity index (χ4n) is 1.42. The molecular formula is C10H15N3O2S. The van der Waals surface area contributed by atoms with E-state index >= 15 is 0 Å². The molecule has 0 amide bonds. The summed E-state index contributed by atoms with van der Waals surface area (Å²) < 4.78 is 25.8. The Balaban J connectivity index is 2.10. The lowest BCUT2D eigenvalue weighted by Gasteiger charge is -2.07. The van der Waals surface area contributed by atoms with E-state index in [0.717, 1.165) is 18.4 Å². The summed E-state index contributed by atoms with van der Waals surface area (Å²) in [6.07, 6.45) is 3.48. The largest absolute Gasteiger partial charge is 0.397 e. The van der Waals surface area contributed by atoms with Crippen LogP contribution in [0.15, 0.2) is 12.3 Å². The minimum atomic E-state index is -3.25. The quantitative estimate of drug-likeness (QED) is 0.827. The highest BCUT2D eigenvalue weighted by atomic mass is 32.2. The molecule has 88 valence electrons. The van der Waals surface area contributed by atoms with Gasteiger partial charge in [-0.3, -0.25) is 4.72 Å². The molecule has 1 fully saturated rings. The van der Waals surface area contributed by atoms with Gasteiger partial charge in [0.05, 0.1) is 17.6 Å². The van der Waals surface area contributed by atoms with Gasteiger partial charge in [0.2, 0.25) is 10.0 Å². The molecule has 16 heavy (non-hydrogen) atoms. The summed E-state index contributed by atoms with van der Waals surface area (Å²) in [6.45, 7) is 1.82. The SMILES string of the molecule is Cc1cc(NS(=O)(=O)CC2CC2)ncc1N. The maximum Gasteiger partial charge on any atom is 0.234 e. The number of sulfonamides is 1. The van der Waals surface area contributed by atoms with Crippen molar-refractivity contribution in [3.05, 3.63) is 17.8 Å². The summed E-state index contributed by atoms with van der Waals surface area (Å²) >= 11 is 0. The first kappa shape index (κ1) is 11.2. The van der Waals surface area contributed by atoms with Crippen LogP contribution < -0.4 is 10.5 Å². The van der Waals surface area contributed by atoms with E-state index in [0.29, 0.717) is 17.4 Å². The van der Waals surface area contributed by atoms with Gasteiger partial charge in [0.1, 0.15) is 5.82 Å². The third-order valence-electron chi connectivity index (χ3n) is 2.56. The highest BCUT2D eigenvalue weighted by molar-refractivity contribution is 7.92. The van der Waals surface area contributed by atoms with Gasteiger partial charge in [-0.1, -0.05) is 0 Å². The Morgan fingerprint density at radius 3 is 2.81 bits per heavy atom. The third-order valence-corrected chi connectivity index (χ3v) is 3.99. The number of nitrogens with zero attached hydrogens (tertiary/aromatic N) is 1. The summed E-state index contributed by atoms with van der Waals surface area (Å²) in [5.74, 6) is 0.859. The van der Waals surface area contributed by atoms with Crippen molar-refractivity contribution in [1.82, 2.24) is 4.98 Å². The molecule has 1 aromatic heterocycles. The van der Waals surface area contributed by atoms with Gasteiger partial charge in [-0.15, -0.1) is 0 Å². The molecule has 0 aliphatic heterocycles. The van der Waals surface area contributed by atoms with Crippen molar-refractivity contribution in [3.63, 3.8) is 0 Å². The van der Waals surface area contributed by atoms with Crippen molar-refractivity contribution < 1.29 is 8.42 Å². The maximum absolute atomic E-state index is 11.7. The molecule has 0 spiro atoms. The second-order valence-corrected chi connectivity index (χ2v) is 6.02. The number of hydrogen-bond donors (Lipinski definition) is 2. The van der Waals surface area contributed by atoms with Crippen molar-refractivity contribution in [2.24, 2.45) is 5.92 Å². The standard InChI is InChI=1S/C10H15N3O2S/c1-7-4-10(12-5-9(7)11)13-16(14,15)6-8-2-3-8/h4-5,8H,2-3,6,11H2,1H3,(H,12,13). The van der Waals surface area contributed by atoms with Crippen molar-refractivity contribution >= 4 is 21.5 Å². The number of aryl methyl sites for hydroxylation is 1. The fraction of sp³-hybridized carbons (Fsp3) is 0.500. The molecule has 1 aliphatic rings. The summed E-state index contributed by atoms with van der Waals surface area (Å²) in [5.41, 5.74) is 6.98. The van der Waals surface area contributed by atoms with Crippen LogP contribution in [0.25, 0.3) is 0 Å². The van der Waals surface area contributed by atoms with Gasteiger partial charge in [0.15, 0.2) is 0 Å². The number of hydrogen-bond acceptors (Lipinski definition) is 4. The fourth-order valence-corrected chi connectivity index (χ4v) is 2.89. The average Bonchev–Trinajstić information content (AvgIpc) is 2.94. The molecule has 0 saturated heterocycles. The van der Waals surface area contributed by atoms with Crippen molar-refractivity contribution in [2.45, 2.75) is 19.8 Å². The zero-order valence-corrected chi connectivity index (χ0v) is 9.92. The van der Waals surface area contributed by atoms with Gasteiger partial charge in [0.25, 0.3) is 0 Å². The topological polar surface area (TPSA) is 85.1 Å². The van der Waals surface area contributed by atoms with E-state index in [1.165, 1.54) is 6.20 Å². The van der Waals surface area contributed by atoms with Gasteiger partial charge in [-0.25, -0.2) is 13.4 Å². The number of rotatable bonds is 4. The predicted molar refractivity (Wildman–Crippen MR) is 63.5 cm³/mol. The molecule has 0 bridgehead atoms. The maximum atomic E-state index is 11.7. The Morgan fingerprint density at radius 2 is 2.25 bits per heavy atom. The Bertz CT molecular complexity index is 495. The molecule has 0 aromatic carbocycles. The van der Waals surface area contributed by atoms with Crippen molar-refractivity contribution in [2.75, 3.05) is 16.2 Å². The molecule has 0 atom stereocenters. The van der Waals surface area contributed by atoms with Crippen LogP contribution in [0.5, 0.6) is 0 Å². The average molecular weight is 241 g/mol. The molecular weight excluding hydrogens is 226 g/mol. The van der Waals surface area contributed by atoms with E-state index in [-0.39, 0.29) is 5.75 Å². The predicted octanol–water partition coefficient (Wildman–Crippen LogP) is 1.12. The summed E-state index contributed by atoms with van der Waals surface area (Å²) in [4.78, 5) is 3.94. The highest BCUT2D eigenvalue weighted by Gasteiger charge is 2.28. The van der Waals surface area contributed by atoms with Crippen LogP contribution in [0.4, 0.5) is 11.5 Å². The number of aromatic nitrogens is 1. The number of anilines is 2. The Labute approximate surface area is 95.1 Å². The van der Waals surface area contributed by atoms with Gasteiger partial charge < -0.3 is 5.73 Å². The Kier molecular flexibility index (Phi) is 2.75. The lowest BCUT2D eigenvalue weighted by Crippen LogP contribution is -2.18. The first-order valence-corrected chi connectivity index (χ1v) is 6.84. The Hall–Kier alpha value is -1.30. The number of nitrogens with one attached hydrogen (secondary N) is 1. The summed E-state index contributed by atoms with van der Waals surface area (Å²) in [6, 6.07) is 1.64. The van der Waals surface area contributed by atoms with Crippen molar-refractivity contribution in [1.29, 1.82) is 0 Å². The normalized spacial score (nSPS) is 16.1. The molecule has 1 saturated carbocycles. The minimum Gasteiger partial charge on any atom is -0.397 e. The van der Waals surface area contributed by atoms with Gasteiger partial charge in [-0.2, -0.15) is 0 Å². The molecule has 3 N–H and O–H groups in total. The van der Waals surface area contributed by atoms with E-state index < -0.39 is 10.0 Å². The zero-order valence-electron chi connectivity index (χ0n) is 9.10. The van der Waals surface area contributed by atoms with Crippen molar-refractivity contribution in [3.8, 4) is 0 Å². The molecule has 0 radical (unpaired) electrons. The second kappa shape index (κ2) is 3.93. The highest BCUT2D eigenvalue weighted by Crippen LogP contribution is 2.30. The van der Waals surface area contributed by atoms with E-state index in [4.69, 9.17) is 5.73 Å². The van der Waals surface area contributed by atoms with Gasteiger partial charge >= 0.3 is 0 Å². The first-order valence-electron chi connectivity index (χ1n) is 5.19. The van der Waals surface area contributed by atoms with Crippen LogP contribution in [-0.4, -0.2) is 19.2 Å². The van der Waals surface area contributed by atoms with Crippen LogP contribution in [0, 0.1) is 12.8 Å². The van der Waals surface area contributed by atoms with Gasteiger partial charge in [0, 0.05) is 0 Å². The molecule has 2 rings (SSSR count). The molecule has 1 aliphatic carbocycles. The second-order valence-electron chi connectivity index (χ2n) is 4.25. The lowest BCUT2D eigenvalue weighted by atomic mass is 10.2. The Morgan fingerprint density at radius 1 is 1.56 bits per heavy atom. The molecule has 1 aromatic rings. The minimum absolute atomic E-state index is 0.193. The van der Waals surface area contributed by atoms with Crippen LogP contribution in [-0.2, 0) is 10.0 Å². The lowest BCUT2D eigenvalue weighted by molar-refractivity contribution is 0.597. The third kappa shape index (κ3) is 2.85. The van der Waals surface area contributed by atoms with Crippen LogP contribution in [0.1, 0.15) is 18.4 Å². The smallest absolute Gasteiger partial charge is 0.234 e. The molecule has 1 heterocycles. The van der Waals surface area contributed by atoms with E-state index in [9.17, 15) is 8.42 Å². The van der Waals surface area contributed by atoms with Crippen LogP contribution >= 0.6 is 0 Å². The zero-order chi connectivity index (χ0) is 11.8. The number of pyridine rings is 1. The van der Waals surface area contributed by atoms with Crippen LogP contribution in [0.2, 0.25) is 0 Å². The monoisotopic (exact) mass is 241 g/mol. The summed E-state index contributed by atoms with van der Waals surface area (Å²) in [5, 5.41) is 0. The first-order chi connectivity index (χ1) is 7.46. The van der Waals surface area contributed by atoms with E-state index in [2.05, 4.69) is 9.71 Å². The van der Waals surface area contributed by atoms with Gasteiger partial charge in [-0.05, 0) is 37.3 Å². The molecule has 5 nitrogen and oxygen atoms in total. The van der Waals surface area contributed by atoms with E-state index in [1.54, 1.807) is 6.07 Å². The number of nitrogens with two attached hydrogens (primary N) is 1. The molecule has 0 unspecified atom stereocenters. The summed E-state index contributed by atoms with van der Waals surface area (Å²) in [7, 11) is -3.25. The number of nitrogen functional groups attached to an aromatic ring is 1.